The highest BCUT2D eigenvalue weighted by atomic mass is 35.7. The Labute approximate surface area is 130 Å². The van der Waals surface area contributed by atoms with Gasteiger partial charge in [0.2, 0.25) is 0 Å². The SMILES string of the molecule is CCc1ccc(C(=O)NCC(C)C2CC2)cc1S(=O)(=O)Cl. The van der Waals surface area contributed by atoms with Crippen LogP contribution in [-0.2, 0) is 15.5 Å². The summed E-state index contributed by atoms with van der Waals surface area (Å²) in [6.07, 6.45) is 3.01. The highest BCUT2D eigenvalue weighted by Gasteiger charge is 2.28. The van der Waals surface area contributed by atoms with E-state index in [-0.39, 0.29) is 10.8 Å². The Bertz CT molecular complexity index is 638. The molecule has 1 fully saturated rings. The van der Waals surface area contributed by atoms with E-state index in [0.29, 0.717) is 35.9 Å². The van der Waals surface area contributed by atoms with Crippen molar-refractivity contribution < 1.29 is 13.2 Å². The van der Waals surface area contributed by atoms with E-state index in [9.17, 15) is 13.2 Å². The summed E-state index contributed by atoms with van der Waals surface area (Å²) in [6, 6.07) is 4.65. The fourth-order valence-corrected chi connectivity index (χ4v) is 3.63. The first-order chi connectivity index (χ1) is 9.82. The van der Waals surface area contributed by atoms with Crippen molar-refractivity contribution in [1.82, 2.24) is 5.32 Å². The maximum absolute atomic E-state index is 12.1. The molecule has 0 aliphatic heterocycles. The van der Waals surface area contributed by atoms with Gasteiger partial charge in [0.05, 0.1) is 4.90 Å². The summed E-state index contributed by atoms with van der Waals surface area (Å²) < 4.78 is 23.2. The number of hydrogen-bond acceptors (Lipinski definition) is 3. The van der Waals surface area contributed by atoms with Gasteiger partial charge in [0.25, 0.3) is 15.0 Å². The van der Waals surface area contributed by atoms with Crippen LogP contribution in [0.15, 0.2) is 23.1 Å². The molecule has 0 heterocycles. The second-order valence-electron chi connectivity index (χ2n) is 5.64. The number of hydrogen-bond donors (Lipinski definition) is 1. The van der Waals surface area contributed by atoms with Gasteiger partial charge in [0, 0.05) is 22.8 Å². The molecule has 1 aromatic rings. The number of aryl methyl sites for hydroxylation is 1. The molecule has 6 heteroatoms. The van der Waals surface area contributed by atoms with E-state index in [1.807, 2.05) is 6.92 Å². The van der Waals surface area contributed by atoms with E-state index in [4.69, 9.17) is 10.7 Å². The van der Waals surface area contributed by atoms with Gasteiger partial charge >= 0.3 is 0 Å². The molecule has 0 bridgehead atoms. The first-order valence-corrected chi connectivity index (χ1v) is 9.49. The number of carbonyl (C=O) groups excluding carboxylic acids is 1. The molecule has 0 saturated heterocycles. The predicted octanol–water partition coefficient (Wildman–Crippen LogP) is 2.95. The Morgan fingerprint density at radius 3 is 2.62 bits per heavy atom. The molecule has 21 heavy (non-hydrogen) atoms. The van der Waals surface area contributed by atoms with Gasteiger partial charge in [-0.15, -0.1) is 0 Å². The molecule has 116 valence electrons. The average Bonchev–Trinajstić information content (AvgIpc) is 3.27. The molecular weight excluding hydrogens is 310 g/mol. The van der Waals surface area contributed by atoms with Crippen LogP contribution in [0.4, 0.5) is 0 Å². The summed E-state index contributed by atoms with van der Waals surface area (Å²) in [4.78, 5) is 12.1. The molecule has 0 radical (unpaired) electrons. The van der Waals surface area contributed by atoms with Gasteiger partial charge in [-0.3, -0.25) is 4.79 Å². The lowest BCUT2D eigenvalue weighted by molar-refractivity contribution is 0.0946. The van der Waals surface area contributed by atoms with E-state index in [0.717, 1.165) is 0 Å². The molecule has 4 nitrogen and oxygen atoms in total. The van der Waals surface area contributed by atoms with E-state index in [2.05, 4.69) is 12.2 Å². The summed E-state index contributed by atoms with van der Waals surface area (Å²) in [5, 5.41) is 2.86. The van der Waals surface area contributed by atoms with Crippen molar-refractivity contribution in [3.63, 3.8) is 0 Å². The van der Waals surface area contributed by atoms with Gasteiger partial charge in [-0.25, -0.2) is 8.42 Å². The number of carbonyl (C=O) groups is 1. The quantitative estimate of drug-likeness (QED) is 0.816. The smallest absolute Gasteiger partial charge is 0.261 e. The normalized spacial score (nSPS) is 16.5. The summed E-state index contributed by atoms with van der Waals surface area (Å²) in [6.45, 7) is 4.58. The van der Waals surface area contributed by atoms with Crippen molar-refractivity contribution in [2.24, 2.45) is 11.8 Å². The Kier molecular flexibility index (Phi) is 4.94. The molecule has 1 N–H and O–H groups in total. The van der Waals surface area contributed by atoms with Crippen molar-refractivity contribution in [2.75, 3.05) is 6.54 Å². The van der Waals surface area contributed by atoms with Crippen LogP contribution >= 0.6 is 10.7 Å². The third-order valence-corrected chi connectivity index (χ3v) is 5.39. The zero-order valence-electron chi connectivity index (χ0n) is 12.2. The van der Waals surface area contributed by atoms with Gasteiger partial charge < -0.3 is 5.32 Å². The lowest BCUT2D eigenvalue weighted by atomic mass is 10.1. The minimum Gasteiger partial charge on any atom is -0.352 e. The van der Waals surface area contributed by atoms with Crippen LogP contribution in [0.25, 0.3) is 0 Å². The molecule has 1 saturated carbocycles. The first kappa shape index (κ1) is 16.3. The van der Waals surface area contributed by atoms with Crippen molar-refractivity contribution in [2.45, 2.75) is 38.0 Å². The van der Waals surface area contributed by atoms with E-state index in [1.165, 1.54) is 18.9 Å². The molecule has 0 spiro atoms. The van der Waals surface area contributed by atoms with Gasteiger partial charge in [-0.05, 0) is 48.8 Å². The maximum Gasteiger partial charge on any atom is 0.261 e. The lowest BCUT2D eigenvalue weighted by Crippen LogP contribution is -2.29. The standard InChI is InChI=1S/C15H20ClNO3S/c1-3-11-4-7-13(8-14(11)21(16,19)20)15(18)17-9-10(2)12-5-6-12/h4,7-8,10,12H,3,5-6,9H2,1-2H3,(H,17,18). The Balaban J connectivity index is 2.13. The molecule has 2 rings (SSSR count). The Hall–Kier alpha value is -1.07. The number of halogens is 1. The topological polar surface area (TPSA) is 63.2 Å². The van der Waals surface area contributed by atoms with Crippen molar-refractivity contribution in [3.05, 3.63) is 29.3 Å². The molecule has 1 aromatic carbocycles. The van der Waals surface area contributed by atoms with E-state index >= 15 is 0 Å². The van der Waals surface area contributed by atoms with Crippen LogP contribution in [0.2, 0.25) is 0 Å². The van der Waals surface area contributed by atoms with Gasteiger partial charge in [-0.2, -0.15) is 0 Å². The summed E-state index contributed by atoms with van der Waals surface area (Å²) in [5.74, 6) is 0.915. The monoisotopic (exact) mass is 329 g/mol. The number of nitrogens with one attached hydrogen (secondary N) is 1. The number of amides is 1. The molecule has 1 aliphatic rings. The zero-order valence-corrected chi connectivity index (χ0v) is 13.8. The molecule has 1 aliphatic carbocycles. The van der Waals surface area contributed by atoms with Crippen molar-refractivity contribution >= 4 is 25.6 Å². The van der Waals surface area contributed by atoms with Crippen molar-refractivity contribution in [1.29, 1.82) is 0 Å². The second-order valence-corrected chi connectivity index (χ2v) is 8.17. The zero-order chi connectivity index (χ0) is 15.6. The average molecular weight is 330 g/mol. The van der Waals surface area contributed by atoms with Crippen LogP contribution in [0, 0.1) is 11.8 Å². The predicted molar refractivity (Wildman–Crippen MR) is 83.1 cm³/mol. The van der Waals surface area contributed by atoms with E-state index < -0.39 is 9.05 Å². The molecule has 1 atom stereocenters. The highest BCUT2D eigenvalue weighted by molar-refractivity contribution is 8.13. The van der Waals surface area contributed by atoms with Crippen LogP contribution in [0.3, 0.4) is 0 Å². The fourth-order valence-electron chi connectivity index (χ4n) is 2.40. The fraction of sp³-hybridized carbons (Fsp3) is 0.533. The third-order valence-electron chi connectivity index (χ3n) is 3.98. The maximum atomic E-state index is 12.1. The molecular formula is C15H20ClNO3S. The van der Waals surface area contributed by atoms with Crippen molar-refractivity contribution in [3.8, 4) is 0 Å². The van der Waals surface area contributed by atoms with E-state index in [1.54, 1.807) is 12.1 Å². The van der Waals surface area contributed by atoms with Crippen LogP contribution in [-0.4, -0.2) is 20.9 Å². The molecule has 0 aromatic heterocycles. The van der Waals surface area contributed by atoms with Crippen LogP contribution < -0.4 is 5.32 Å². The van der Waals surface area contributed by atoms with Gasteiger partial charge in [0.15, 0.2) is 0 Å². The third kappa shape index (κ3) is 4.20. The summed E-state index contributed by atoms with van der Waals surface area (Å²) in [5.41, 5.74) is 0.947. The van der Waals surface area contributed by atoms with Gasteiger partial charge in [0.1, 0.15) is 0 Å². The minimum absolute atomic E-state index is 0.0227. The van der Waals surface area contributed by atoms with Gasteiger partial charge in [-0.1, -0.05) is 19.9 Å². The lowest BCUT2D eigenvalue weighted by Gasteiger charge is -2.12. The Morgan fingerprint density at radius 1 is 1.43 bits per heavy atom. The highest BCUT2D eigenvalue weighted by Crippen LogP contribution is 2.36. The second kappa shape index (κ2) is 6.36. The minimum atomic E-state index is -3.84. The summed E-state index contributed by atoms with van der Waals surface area (Å²) in [7, 11) is 1.59. The van der Waals surface area contributed by atoms with Crippen LogP contribution in [0.1, 0.15) is 42.6 Å². The number of benzene rings is 1. The Morgan fingerprint density at radius 2 is 2.10 bits per heavy atom. The summed E-state index contributed by atoms with van der Waals surface area (Å²) >= 11 is 0. The molecule has 1 unspecified atom stereocenters. The first-order valence-electron chi connectivity index (χ1n) is 7.18. The molecule has 1 amide bonds. The largest absolute Gasteiger partial charge is 0.352 e. The van der Waals surface area contributed by atoms with Crippen LogP contribution in [0.5, 0.6) is 0 Å². The number of rotatable bonds is 6.